The first-order valence-corrected chi connectivity index (χ1v) is 10.1. The molecule has 3 rings (SSSR count). The van der Waals surface area contributed by atoms with E-state index in [4.69, 9.17) is 9.26 Å². The van der Waals surface area contributed by atoms with Gasteiger partial charge in [-0.1, -0.05) is 42.8 Å². The molecular formula is C22H31N3O3. The molecule has 0 aliphatic carbocycles. The number of aryl methyl sites for hydroxylation is 1. The highest BCUT2D eigenvalue weighted by atomic mass is 16.5. The Kier molecular flexibility index (Phi) is 6.73. The van der Waals surface area contributed by atoms with E-state index < -0.39 is 0 Å². The highest BCUT2D eigenvalue weighted by Gasteiger charge is 2.28. The number of benzene rings is 1. The number of hydrogen-bond donors (Lipinski definition) is 0. The van der Waals surface area contributed by atoms with Crippen LogP contribution in [0.2, 0.25) is 0 Å². The Hall–Kier alpha value is -2.34. The maximum absolute atomic E-state index is 12.8. The minimum Gasteiger partial charge on any atom is -0.383 e. The highest BCUT2D eigenvalue weighted by Crippen LogP contribution is 2.34. The van der Waals surface area contributed by atoms with Crippen LogP contribution in [0.4, 0.5) is 5.88 Å². The van der Waals surface area contributed by atoms with Gasteiger partial charge in [0.05, 0.1) is 18.7 Å². The molecule has 28 heavy (non-hydrogen) atoms. The normalized spacial score (nSPS) is 14.1. The first-order valence-electron chi connectivity index (χ1n) is 10.1. The standard InChI is InChI=1S/C22H31N3O3/c1-16(2)21(26)25(12-13-27-4)15-19-20(18-9-7-8-17(3)14-18)23-28-22(19)24-10-5-6-11-24/h7-9,14,16H,5-6,10-13,15H2,1-4H3. The van der Waals surface area contributed by atoms with Crippen LogP contribution in [-0.4, -0.2) is 49.3 Å². The Labute approximate surface area is 167 Å². The first kappa shape index (κ1) is 20.4. The predicted octanol–water partition coefficient (Wildman–Crippen LogP) is 3.88. The summed E-state index contributed by atoms with van der Waals surface area (Å²) in [6.07, 6.45) is 2.30. The Morgan fingerprint density at radius 2 is 2.07 bits per heavy atom. The largest absolute Gasteiger partial charge is 0.383 e. The Balaban J connectivity index is 1.99. The van der Waals surface area contributed by atoms with Crippen molar-refractivity contribution in [2.45, 2.75) is 40.2 Å². The van der Waals surface area contributed by atoms with Gasteiger partial charge in [-0.25, -0.2) is 0 Å². The molecule has 1 amide bonds. The molecule has 6 heteroatoms. The van der Waals surface area contributed by atoms with Crippen molar-refractivity contribution < 1.29 is 14.1 Å². The summed E-state index contributed by atoms with van der Waals surface area (Å²) in [4.78, 5) is 16.9. The number of carbonyl (C=O) groups excluding carboxylic acids is 1. The lowest BCUT2D eigenvalue weighted by Crippen LogP contribution is -2.36. The van der Waals surface area contributed by atoms with Crippen molar-refractivity contribution in [1.82, 2.24) is 10.1 Å². The predicted molar refractivity (Wildman–Crippen MR) is 110 cm³/mol. The topological polar surface area (TPSA) is 58.8 Å². The van der Waals surface area contributed by atoms with Gasteiger partial charge < -0.3 is 19.1 Å². The van der Waals surface area contributed by atoms with E-state index in [2.05, 4.69) is 29.1 Å². The van der Waals surface area contributed by atoms with Crippen LogP contribution in [0, 0.1) is 12.8 Å². The second-order valence-electron chi connectivity index (χ2n) is 7.79. The molecule has 2 aromatic rings. The van der Waals surface area contributed by atoms with Crippen LogP contribution in [0.1, 0.15) is 37.8 Å². The number of hydrogen-bond acceptors (Lipinski definition) is 5. The SMILES string of the molecule is COCCN(Cc1c(-c2cccc(C)c2)noc1N1CCCC1)C(=O)C(C)C. The van der Waals surface area contributed by atoms with Gasteiger partial charge >= 0.3 is 0 Å². The number of carbonyl (C=O) groups is 1. The molecule has 1 saturated heterocycles. The molecule has 0 spiro atoms. The molecule has 0 atom stereocenters. The Bertz CT molecular complexity index is 794. The van der Waals surface area contributed by atoms with E-state index in [-0.39, 0.29) is 11.8 Å². The van der Waals surface area contributed by atoms with Gasteiger partial charge in [0.15, 0.2) is 0 Å². The van der Waals surface area contributed by atoms with Crippen molar-refractivity contribution in [2.24, 2.45) is 5.92 Å². The molecule has 0 radical (unpaired) electrons. The zero-order chi connectivity index (χ0) is 20.1. The van der Waals surface area contributed by atoms with Crippen molar-refractivity contribution in [2.75, 3.05) is 38.3 Å². The second-order valence-corrected chi connectivity index (χ2v) is 7.79. The lowest BCUT2D eigenvalue weighted by atomic mass is 10.0. The maximum Gasteiger partial charge on any atom is 0.232 e. The van der Waals surface area contributed by atoms with Gasteiger partial charge in [-0.15, -0.1) is 0 Å². The lowest BCUT2D eigenvalue weighted by molar-refractivity contribution is -0.135. The fourth-order valence-corrected chi connectivity index (χ4v) is 3.66. The fourth-order valence-electron chi connectivity index (χ4n) is 3.66. The Morgan fingerprint density at radius 3 is 2.71 bits per heavy atom. The summed E-state index contributed by atoms with van der Waals surface area (Å²) in [5.74, 6) is 0.836. The molecule has 1 fully saturated rings. The van der Waals surface area contributed by atoms with Gasteiger partial charge in [0.1, 0.15) is 5.69 Å². The van der Waals surface area contributed by atoms with E-state index in [1.807, 2.05) is 30.9 Å². The third kappa shape index (κ3) is 4.55. The molecule has 6 nitrogen and oxygen atoms in total. The summed E-state index contributed by atoms with van der Waals surface area (Å²) in [6.45, 7) is 9.37. The van der Waals surface area contributed by atoms with Gasteiger partial charge in [0.2, 0.25) is 11.8 Å². The average molecular weight is 386 g/mol. The number of methoxy groups -OCH3 is 1. The molecule has 0 bridgehead atoms. The van der Waals surface area contributed by atoms with Crippen molar-refractivity contribution in [1.29, 1.82) is 0 Å². The van der Waals surface area contributed by atoms with Gasteiger partial charge in [-0.2, -0.15) is 0 Å². The van der Waals surface area contributed by atoms with Crippen LogP contribution in [0.15, 0.2) is 28.8 Å². The maximum atomic E-state index is 12.8. The monoisotopic (exact) mass is 385 g/mol. The molecule has 0 N–H and O–H groups in total. The van der Waals surface area contributed by atoms with Gasteiger partial charge in [-0.3, -0.25) is 4.79 Å². The van der Waals surface area contributed by atoms with E-state index in [0.29, 0.717) is 19.7 Å². The fraction of sp³-hybridized carbons (Fsp3) is 0.545. The molecule has 152 valence electrons. The number of aromatic nitrogens is 1. The summed E-state index contributed by atoms with van der Waals surface area (Å²) >= 11 is 0. The summed E-state index contributed by atoms with van der Waals surface area (Å²) in [5.41, 5.74) is 4.00. The third-order valence-corrected chi connectivity index (χ3v) is 5.17. The number of amides is 1. The third-order valence-electron chi connectivity index (χ3n) is 5.17. The van der Waals surface area contributed by atoms with Crippen LogP contribution < -0.4 is 4.90 Å². The lowest BCUT2D eigenvalue weighted by Gasteiger charge is -2.25. The van der Waals surface area contributed by atoms with Gasteiger partial charge in [0.25, 0.3) is 0 Å². The molecule has 1 aromatic heterocycles. The number of nitrogens with zero attached hydrogens (tertiary/aromatic N) is 3. The number of ether oxygens (including phenoxy) is 1. The number of anilines is 1. The van der Waals surface area contributed by atoms with Crippen molar-refractivity contribution >= 4 is 11.8 Å². The molecule has 1 aliphatic rings. The molecule has 1 aliphatic heterocycles. The molecular weight excluding hydrogens is 354 g/mol. The summed E-state index contributed by atoms with van der Waals surface area (Å²) in [6, 6.07) is 8.25. The summed E-state index contributed by atoms with van der Waals surface area (Å²) in [7, 11) is 1.66. The minimum atomic E-state index is -0.0747. The Morgan fingerprint density at radius 1 is 1.32 bits per heavy atom. The van der Waals surface area contributed by atoms with Crippen LogP contribution in [0.25, 0.3) is 11.3 Å². The zero-order valence-corrected chi connectivity index (χ0v) is 17.4. The second kappa shape index (κ2) is 9.24. The highest BCUT2D eigenvalue weighted by molar-refractivity contribution is 5.79. The van der Waals surface area contributed by atoms with Crippen molar-refractivity contribution in [3.8, 4) is 11.3 Å². The van der Waals surface area contributed by atoms with Crippen LogP contribution in [-0.2, 0) is 16.1 Å². The van der Waals surface area contributed by atoms with Crippen molar-refractivity contribution in [3.63, 3.8) is 0 Å². The molecule has 1 aromatic carbocycles. The van der Waals surface area contributed by atoms with Crippen LogP contribution in [0.5, 0.6) is 0 Å². The van der Waals surface area contributed by atoms with Crippen LogP contribution >= 0.6 is 0 Å². The molecule has 2 heterocycles. The quantitative estimate of drug-likeness (QED) is 0.690. The number of rotatable bonds is 8. The van der Waals surface area contributed by atoms with E-state index in [9.17, 15) is 4.79 Å². The molecule has 0 unspecified atom stereocenters. The first-order chi connectivity index (χ1) is 13.5. The zero-order valence-electron chi connectivity index (χ0n) is 17.4. The van der Waals surface area contributed by atoms with Gasteiger partial charge in [0, 0.05) is 38.2 Å². The minimum absolute atomic E-state index is 0.0747. The van der Waals surface area contributed by atoms with E-state index in [1.54, 1.807) is 7.11 Å². The van der Waals surface area contributed by atoms with E-state index in [0.717, 1.165) is 48.6 Å². The van der Waals surface area contributed by atoms with E-state index >= 15 is 0 Å². The molecule has 0 saturated carbocycles. The smallest absolute Gasteiger partial charge is 0.232 e. The van der Waals surface area contributed by atoms with E-state index in [1.165, 1.54) is 5.56 Å². The summed E-state index contributed by atoms with van der Waals surface area (Å²) < 4.78 is 11.1. The average Bonchev–Trinajstić information content (AvgIpc) is 3.33. The summed E-state index contributed by atoms with van der Waals surface area (Å²) in [5, 5.41) is 4.42. The van der Waals surface area contributed by atoms with Crippen LogP contribution in [0.3, 0.4) is 0 Å². The van der Waals surface area contributed by atoms with Crippen molar-refractivity contribution in [3.05, 3.63) is 35.4 Å². The van der Waals surface area contributed by atoms with Gasteiger partial charge in [-0.05, 0) is 25.8 Å².